The first-order valence-corrected chi connectivity index (χ1v) is 6.51. The second kappa shape index (κ2) is 5.75. The van der Waals surface area contributed by atoms with E-state index in [1.807, 2.05) is 30.3 Å². The van der Waals surface area contributed by atoms with E-state index in [1.165, 1.54) is 18.5 Å². The fourth-order valence-electron chi connectivity index (χ4n) is 2.24. The molecule has 2 aromatic carbocycles. The van der Waals surface area contributed by atoms with Crippen LogP contribution in [0.15, 0.2) is 47.5 Å². The number of carbonyl (C=O) groups is 1. The molecule has 5 heteroatoms. The van der Waals surface area contributed by atoms with Crippen LogP contribution in [0.3, 0.4) is 0 Å². The number of anilines is 1. The van der Waals surface area contributed by atoms with E-state index in [-0.39, 0.29) is 0 Å². The Kier molecular flexibility index (Phi) is 3.64. The predicted molar refractivity (Wildman–Crippen MR) is 78.1 cm³/mol. The molecule has 4 nitrogen and oxygen atoms in total. The minimum absolute atomic E-state index is 0.298. The molecule has 0 spiro atoms. The molecule has 106 valence electrons. The third-order valence-corrected chi connectivity index (χ3v) is 3.22. The van der Waals surface area contributed by atoms with Crippen molar-refractivity contribution < 1.29 is 13.9 Å². The summed E-state index contributed by atoms with van der Waals surface area (Å²) in [5.41, 5.74) is 2.03. The normalized spacial score (nSPS) is 16.0. The van der Waals surface area contributed by atoms with Gasteiger partial charge in [-0.3, -0.25) is 4.99 Å². The van der Waals surface area contributed by atoms with E-state index in [0.29, 0.717) is 29.9 Å². The molecule has 1 aliphatic rings. The average molecular weight is 284 g/mol. The fourth-order valence-corrected chi connectivity index (χ4v) is 2.24. The number of hydrogen-bond acceptors (Lipinski definition) is 4. The van der Waals surface area contributed by atoms with Gasteiger partial charge in [0.1, 0.15) is 30.5 Å². The van der Waals surface area contributed by atoms with Crippen LogP contribution in [-0.2, 0) is 11.4 Å². The zero-order chi connectivity index (χ0) is 14.7. The lowest BCUT2D eigenvalue weighted by Crippen LogP contribution is -2.13. The van der Waals surface area contributed by atoms with Crippen LogP contribution in [0.25, 0.3) is 0 Å². The molecule has 3 rings (SSSR count). The van der Waals surface area contributed by atoms with Gasteiger partial charge in [0.2, 0.25) is 0 Å². The van der Waals surface area contributed by atoms with Crippen molar-refractivity contribution in [3.63, 3.8) is 0 Å². The smallest absolute Gasteiger partial charge is 0.149 e. The number of hydrogen-bond donors (Lipinski definition) is 1. The number of nitrogens with zero attached hydrogens (tertiary/aromatic N) is 1. The lowest BCUT2D eigenvalue weighted by Gasteiger charge is -2.21. The number of nitrogens with one attached hydrogen (secondary N) is 1. The molecule has 0 radical (unpaired) electrons. The zero-order valence-corrected chi connectivity index (χ0v) is 11.1. The third-order valence-electron chi connectivity index (χ3n) is 3.22. The molecule has 0 amide bonds. The van der Waals surface area contributed by atoms with Gasteiger partial charge in [0.15, 0.2) is 0 Å². The van der Waals surface area contributed by atoms with Gasteiger partial charge in [0.25, 0.3) is 0 Å². The highest BCUT2D eigenvalue weighted by atomic mass is 19.1. The fraction of sp³-hybridized carbons (Fsp3) is 0.125. The minimum atomic E-state index is -0.673. The number of rotatable bonds is 4. The Hall–Kier alpha value is -2.69. The van der Waals surface area contributed by atoms with Gasteiger partial charge in [0.05, 0.1) is 12.0 Å². The molecular formula is C16H13FN2O2. The molecule has 0 bridgehead atoms. The van der Waals surface area contributed by atoms with Crippen molar-refractivity contribution in [3.05, 3.63) is 59.4 Å². The second-order valence-corrected chi connectivity index (χ2v) is 4.64. The quantitative estimate of drug-likeness (QED) is 0.878. The Morgan fingerprint density at radius 3 is 2.86 bits per heavy atom. The van der Waals surface area contributed by atoms with E-state index in [0.717, 1.165) is 5.56 Å². The minimum Gasteiger partial charge on any atom is -0.488 e. The number of carbonyl (C=O) groups excluding carboxylic acids is 1. The summed E-state index contributed by atoms with van der Waals surface area (Å²) in [4.78, 5) is 15.2. The summed E-state index contributed by atoms with van der Waals surface area (Å²) in [5, 5.41) is 2.84. The molecule has 1 heterocycles. The first-order valence-electron chi connectivity index (χ1n) is 6.51. The molecule has 1 unspecified atom stereocenters. The molecule has 0 aromatic heterocycles. The van der Waals surface area contributed by atoms with E-state index in [2.05, 4.69) is 10.3 Å². The summed E-state index contributed by atoms with van der Waals surface area (Å²) < 4.78 is 19.3. The third kappa shape index (κ3) is 2.76. The molecule has 0 saturated heterocycles. The van der Waals surface area contributed by atoms with Gasteiger partial charge in [-0.1, -0.05) is 30.3 Å². The van der Waals surface area contributed by atoms with E-state index < -0.39 is 11.9 Å². The summed E-state index contributed by atoms with van der Waals surface area (Å²) in [6.45, 7) is 0.298. The highest BCUT2D eigenvalue weighted by Gasteiger charge is 2.23. The lowest BCUT2D eigenvalue weighted by molar-refractivity contribution is -0.108. The van der Waals surface area contributed by atoms with E-state index in [9.17, 15) is 9.18 Å². The van der Waals surface area contributed by atoms with Crippen molar-refractivity contribution in [2.75, 3.05) is 5.32 Å². The Balaban J connectivity index is 1.91. The Bertz CT molecular complexity index is 686. The zero-order valence-electron chi connectivity index (χ0n) is 11.1. The van der Waals surface area contributed by atoms with Gasteiger partial charge in [-0.2, -0.15) is 0 Å². The van der Waals surface area contributed by atoms with Crippen LogP contribution in [-0.4, -0.2) is 12.6 Å². The van der Waals surface area contributed by atoms with Crippen LogP contribution in [0.2, 0.25) is 0 Å². The van der Waals surface area contributed by atoms with Crippen molar-refractivity contribution in [1.29, 1.82) is 0 Å². The van der Waals surface area contributed by atoms with Crippen molar-refractivity contribution in [1.82, 2.24) is 0 Å². The van der Waals surface area contributed by atoms with Crippen LogP contribution in [0, 0.1) is 5.82 Å². The maximum Gasteiger partial charge on any atom is 0.149 e. The van der Waals surface area contributed by atoms with Crippen LogP contribution >= 0.6 is 0 Å². The molecule has 0 aliphatic carbocycles. The van der Waals surface area contributed by atoms with Gasteiger partial charge in [-0.25, -0.2) is 4.39 Å². The molecule has 1 aliphatic heterocycles. The number of aliphatic imine (C=N–C) groups is 1. The maximum atomic E-state index is 13.7. The molecule has 21 heavy (non-hydrogen) atoms. The standard InChI is InChI=1S/C16H13FN2O2/c17-12-6-13-16(14(8-20)19-10-18-13)15(7-12)21-9-11-4-2-1-3-5-11/h1-8,10,14H,9H2,(H,18,19). The lowest BCUT2D eigenvalue weighted by atomic mass is 10.0. The molecule has 2 aromatic rings. The van der Waals surface area contributed by atoms with E-state index in [1.54, 1.807) is 0 Å². The Morgan fingerprint density at radius 1 is 1.29 bits per heavy atom. The number of ether oxygens (including phenoxy) is 1. The summed E-state index contributed by atoms with van der Waals surface area (Å²) >= 11 is 0. The maximum absolute atomic E-state index is 13.7. The van der Waals surface area contributed by atoms with Crippen LogP contribution in [0.4, 0.5) is 10.1 Å². The van der Waals surface area contributed by atoms with E-state index in [4.69, 9.17) is 4.74 Å². The Morgan fingerprint density at radius 2 is 2.10 bits per heavy atom. The molecule has 0 fully saturated rings. The topological polar surface area (TPSA) is 50.7 Å². The van der Waals surface area contributed by atoms with Crippen LogP contribution in [0.5, 0.6) is 5.75 Å². The summed E-state index contributed by atoms with van der Waals surface area (Å²) in [7, 11) is 0. The average Bonchev–Trinajstić information content (AvgIpc) is 2.52. The molecular weight excluding hydrogens is 271 g/mol. The monoisotopic (exact) mass is 284 g/mol. The second-order valence-electron chi connectivity index (χ2n) is 4.64. The molecule has 0 saturated carbocycles. The SMILES string of the molecule is O=CC1N=CNc2cc(F)cc(OCc3ccccc3)c21. The Labute approximate surface area is 121 Å². The highest BCUT2D eigenvalue weighted by Crippen LogP contribution is 2.36. The van der Waals surface area contributed by atoms with Crippen molar-refractivity contribution >= 4 is 18.3 Å². The van der Waals surface area contributed by atoms with Gasteiger partial charge >= 0.3 is 0 Å². The van der Waals surface area contributed by atoms with Crippen LogP contribution in [0.1, 0.15) is 17.2 Å². The summed E-state index contributed by atoms with van der Waals surface area (Å²) in [6, 6.07) is 11.5. The van der Waals surface area contributed by atoms with Gasteiger partial charge in [-0.15, -0.1) is 0 Å². The van der Waals surface area contributed by atoms with Gasteiger partial charge < -0.3 is 14.8 Å². The first-order chi connectivity index (χ1) is 10.3. The molecule has 1 N–H and O–H groups in total. The summed E-state index contributed by atoms with van der Waals surface area (Å²) in [6.07, 6.45) is 2.10. The van der Waals surface area contributed by atoms with E-state index >= 15 is 0 Å². The van der Waals surface area contributed by atoms with Gasteiger partial charge in [0, 0.05) is 11.6 Å². The first kappa shape index (κ1) is 13.3. The molecule has 1 atom stereocenters. The van der Waals surface area contributed by atoms with Crippen LogP contribution < -0.4 is 10.1 Å². The van der Waals surface area contributed by atoms with Crippen molar-refractivity contribution in [3.8, 4) is 5.75 Å². The predicted octanol–water partition coefficient (Wildman–Crippen LogP) is 3.10. The van der Waals surface area contributed by atoms with Crippen molar-refractivity contribution in [2.45, 2.75) is 12.6 Å². The van der Waals surface area contributed by atoms with Gasteiger partial charge in [-0.05, 0) is 11.6 Å². The highest BCUT2D eigenvalue weighted by molar-refractivity contribution is 5.86. The summed E-state index contributed by atoms with van der Waals surface area (Å²) in [5.74, 6) is -0.0976. The number of halogens is 1. The number of benzene rings is 2. The van der Waals surface area contributed by atoms with Crippen molar-refractivity contribution in [2.24, 2.45) is 4.99 Å². The largest absolute Gasteiger partial charge is 0.488 e. The number of aldehydes is 1. The number of fused-ring (bicyclic) bond motifs is 1.